The fourth-order valence-electron chi connectivity index (χ4n) is 2.29. The lowest BCUT2D eigenvalue weighted by Gasteiger charge is -2.23. The SMILES string of the molecule is CN1CC(NC(=O)CC2CCCC(=O)N2)C(=O)N1. The third-order valence-corrected chi connectivity index (χ3v) is 3.16. The first-order chi connectivity index (χ1) is 8.54. The van der Waals surface area contributed by atoms with Gasteiger partial charge in [0.2, 0.25) is 11.8 Å². The molecule has 2 unspecified atom stereocenters. The molecule has 2 rings (SSSR count). The molecule has 2 fully saturated rings. The van der Waals surface area contributed by atoms with Crippen molar-refractivity contribution in [3.63, 3.8) is 0 Å². The molecule has 0 radical (unpaired) electrons. The number of piperidine rings is 1. The minimum absolute atomic E-state index is 0.00241. The molecule has 0 aromatic heterocycles. The highest BCUT2D eigenvalue weighted by Crippen LogP contribution is 2.11. The van der Waals surface area contributed by atoms with E-state index in [4.69, 9.17) is 0 Å². The van der Waals surface area contributed by atoms with Crippen molar-refractivity contribution in [3.8, 4) is 0 Å². The largest absolute Gasteiger partial charge is 0.353 e. The molecule has 2 aliphatic heterocycles. The Labute approximate surface area is 105 Å². The smallest absolute Gasteiger partial charge is 0.258 e. The number of carbonyl (C=O) groups is 3. The molecule has 0 aliphatic carbocycles. The third kappa shape index (κ3) is 3.19. The molecule has 0 spiro atoms. The molecule has 3 N–H and O–H groups in total. The molecule has 2 heterocycles. The Hall–Kier alpha value is -1.63. The van der Waals surface area contributed by atoms with Crippen molar-refractivity contribution in [2.75, 3.05) is 13.6 Å². The van der Waals surface area contributed by atoms with Gasteiger partial charge in [-0.1, -0.05) is 0 Å². The predicted octanol–water partition coefficient (Wildman–Crippen LogP) is -1.49. The molecule has 0 bridgehead atoms. The maximum Gasteiger partial charge on any atom is 0.258 e. The normalized spacial score (nSPS) is 28.7. The number of nitrogens with zero attached hydrogens (tertiary/aromatic N) is 1. The number of hydrogen-bond acceptors (Lipinski definition) is 4. The van der Waals surface area contributed by atoms with Crippen molar-refractivity contribution < 1.29 is 14.4 Å². The molecule has 2 saturated heterocycles. The van der Waals surface area contributed by atoms with Crippen LogP contribution in [0.5, 0.6) is 0 Å². The standard InChI is InChI=1S/C11H18N4O3/c1-15-6-8(11(18)14-15)13-10(17)5-7-3-2-4-9(16)12-7/h7-8H,2-6H2,1H3,(H,12,16)(H,13,17)(H,14,18). The Balaban J connectivity index is 1.78. The van der Waals surface area contributed by atoms with Gasteiger partial charge in [0.15, 0.2) is 0 Å². The van der Waals surface area contributed by atoms with Crippen LogP contribution in [-0.4, -0.2) is 48.4 Å². The Morgan fingerprint density at radius 3 is 2.89 bits per heavy atom. The van der Waals surface area contributed by atoms with Crippen LogP contribution in [0.1, 0.15) is 25.7 Å². The van der Waals surface area contributed by atoms with Gasteiger partial charge in [0.25, 0.3) is 5.91 Å². The maximum atomic E-state index is 11.8. The minimum Gasteiger partial charge on any atom is -0.353 e. The number of rotatable bonds is 3. The van der Waals surface area contributed by atoms with Gasteiger partial charge < -0.3 is 10.6 Å². The number of carbonyl (C=O) groups excluding carboxylic acids is 3. The first-order valence-corrected chi connectivity index (χ1v) is 6.15. The van der Waals surface area contributed by atoms with Gasteiger partial charge in [0, 0.05) is 32.5 Å². The lowest BCUT2D eigenvalue weighted by atomic mass is 10.0. The van der Waals surface area contributed by atoms with Crippen LogP contribution in [-0.2, 0) is 14.4 Å². The van der Waals surface area contributed by atoms with E-state index in [0.717, 1.165) is 12.8 Å². The van der Waals surface area contributed by atoms with Crippen LogP contribution >= 0.6 is 0 Å². The number of hydrazine groups is 1. The van der Waals surface area contributed by atoms with Gasteiger partial charge in [0.05, 0.1) is 0 Å². The Bertz CT molecular complexity index is 371. The van der Waals surface area contributed by atoms with Crippen molar-refractivity contribution in [3.05, 3.63) is 0 Å². The van der Waals surface area contributed by atoms with E-state index in [1.54, 1.807) is 12.1 Å². The Morgan fingerprint density at radius 1 is 1.50 bits per heavy atom. The monoisotopic (exact) mass is 254 g/mol. The van der Waals surface area contributed by atoms with E-state index >= 15 is 0 Å². The van der Waals surface area contributed by atoms with Crippen molar-refractivity contribution >= 4 is 17.7 Å². The third-order valence-electron chi connectivity index (χ3n) is 3.16. The molecule has 0 saturated carbocycles. The van der Waals surface area contributed by atoms with E-state index in [-0.39, 0.29) is 30.2 Å². The zero-order valence-electron chi connectivity index (χ0n) is 10.4. The highest BCUT2D eigenvalue weighted by molar-refractivity contribution is 5.89. The molecule has 18 heavy (non-hydrogen) atoms. The molecule has 7 nitrogen and oxygen atoms in total. The molecule has 0 aromatic rings. The average molecular weight is 254 g/mol. The summed E-state index contributed by atoms with van der Waals surface area (Å²) >= 11 is 0. The van der Waals surface area contributed by atoms with Crippen LogP contribution in [0.25, 0.3) is 0 Å². The molecule has 2 atom stereocenters. The van der Waals surface area contributed by atoms with Crippen LogP contribution in [0.15, 0.2) is 0 Å². The lowest BCUT2D eigenvalue weighted by Crippen LogP contribution is -2.46. The first-order valence-electron chi connectivity index (χ1n) is 6.15. The van der Waals surface area contributed by atoms with Crippen molar-refractivity contribution in [2.45, 2.75) is 37.8 Å². The van der Waals surface area contributed by atoms with E-state index in [1.165, 1.54) is 0 Å². The van der Waals surface area contributed by atoms with E-state index < -0.39 is 6.04 Å². The number of nitrogens with one attached hydrogen (secondary N) is 3. The van der Waals surface area contributed by atoms with Gasteiger partial charge in [-0.15, -0.1) is 0 Å². The van der Waals surface area contributed by atoms with E-state index in [2.05, 4.69) is 16.1 Å². The van der Waals surface area contributed by atoms with Gasteiger partial charge in [-0.05, 0) is 12.8 Å². The van der Waals surface area contributed by atoms with Crippen LogP contribution < -0.4 is 16.1 Å². The van der Waals surface area contributed by atoms with Crippen LogP contribution in [0.3, 0.4) is 0 Å². The molecule has 0 aromatic carbocycles. The summed E-state index contributed by atoms with van der Waals surface area (Å²) in [6, 6.07) is -0.602. The lowest BCUT2D eigenvalue weighted by molar-refractivity contribution is -0.129. The van der Waals surface area contributed by atoms with Gasteiger partial charge >= 0.3 is 0 Å². The number of hydrogen-bond donors (Lipinski definition) is 3. The van der Waals surface area contributed by atoms with Gasteiger partial charge in [-0.3, -0.25) is 19.8 Å². The summed E-state index contributed by atoms with van der Waals surface area (Å²) < 4.78 is 0. The highest BCUT2D eigenvalue weighted by Gasteiger charge is 2.30. The summed E-state index contributed by atoms with van der Waals surface area (Å²) in [7, 11) is 1.74. The molecule has 7 heteroatoms. The summed E-state index contributed by atoms with van der Waals surface area (Å²) in [5, 5.41) is 7.09. The molecule has 2 aliphatic rings. The summed E-state index contributed by atoms with van der Waals surface area (Å²) in [5.41, 5.74) is 2.59. The van der Waals surface area contributed by atoms with Gasteiger partial charge in [0.1, 0.15) is 6.04 Å². The summed E-state index contributed by atoms with van der Waals surface area (Å²) in [6.45, 7) is 0.460. The summed E-state index contributed by atoms with van der Waals surface area (Å²) in [6.07, 6.45) is 2.40. The van der Waals surface area contributed by atoms with Crippen LogP contribution in [0.2, 0.25) is 0 Å². The fraction of sp³-hybridized carbons (Fsp3) is 0.727. The average Bonchev–Trinajstić information content (AvgIpc) is 2.57. The van der Waals surface area contributed by atoms with Crippen molar-refractivity contribution in [1.82, 2.24) is 21.1 Å². The summed E-state index contributed by atoms with van der Waals surface area (Å²) in [5.74, 6) is -0.395. The first kappa shape index (κ1) is 12.8. The molecular formula is C11H18N4O3. The predicted molar refractivity (Wildman–Crippen MR) is 63.1 cm³/mol. The topological polar surface area (TPSA) is 90.5 Å². The second kappa shape index (κ2) is 5.34. The second-order valence-electron chi connectivity index (χ2n) is 4.84. The molecular weight excluding hydrogens is 236 g/mol. The molecule has 100 valence electrons. The minimum atomic E-state index is -0.498. The second-order valence-corrected chi connectivity index (χ2v) is 4.84. The Kier molecular flexibility index (Phi) is 3.81. The quantitative estimate of drug-likeness (QED) is 0.572. The van der Waals surface area contributed by atoms with Crippen LogP contribution in [0, 0.1) is 0 Å². The highest BCUT2D eigenvalue weighted by atomic mass is 16.2. The number of likely N-dealkylation sites (N-methyl/N-ethyl adjacent to an activating group) is 1. The van der Waals surface area contributed by atoms with E-state index in [0.29, 0.717) is 13.0 Å². The van der Waals surface area contributed by atoms with Crippen LogP contribution in [0.4, 0.5) is 0 Å². The van der Waals surface area contributed by atoms with E-state index in [9.17, 15) is 14.4 Å². The summed E-state index contributed by atoms with van der Waals surface area (Å²) in [4.78, 5) is 34.4. The fourth-order valence-corrected chi connectivity index (χ4v) is 2.29. The maximum absolute atomic E-state index is 11.8. The van der Waals surface area contributed by atoms with Crippen molar-refractivity contribution in [1.29, 1.82) is 0 Å². The molecule has 3 amide bonds. The van der Waals surface area contributed by atoms with Crippen molar-refractivity contribution in [2.24, 2.45) is 0 Å². The zero-order valence-corrected chi connectivity index (χ0v) is 10.4. The van der Waals surface area contributed by atoms with E-state index in [1.807, 2.05) is 0 Å². The van der Waals surface area contributed by atoms with Gasteiger partial charge in [-0.2, -0.15) is 0 Å². The van der Waals surface area contributed by atoms with Gasteiger partial charge in [-0.25, -0.2) is 5.01 Å². The number of amides is 3. The Morgan fingerprint density at radius 2 is 2.28 bits per heavy atom. The zero-order chi connectivity index (χ0) is 13.1.